The van der Waals surface area contributed by atoms with Gasteiger partial charge >= 0.3 is 0 Å². The number of carbonyl (C=O) groups excluding carboxylic acids is 2. The smallest absolute Gasteiger partial charge is 0.266 e. The zero-order valence-corrected chi connectivity index (χ0v) is 20.0. The van der Waals surface area contributed by atoms with Crippen LogP contribution < -0.4 is 4.90 Å². The van der Waals surface area contributed by atoms with E-state index in [9.17, 15) is 9.59 Å². The van der Waals surface area contributed by atoms with Crippen molar-refractivity contribution in [1.29, 1.82) is 0 Å². The summed E-state index contributed by atoms with van der Waals surface area (Å²) in [5.74, 6) is -0.653. The molecule has 5 nitrogen and oxygen atoms in total. The number of benzene rings is 1. The summed E-state index contributed by atoms with van der Waals surface area (Å²) in [6.45, 7) is 13.9. The number of anilines is 1. The number of para-hydroxylation sites is 1. The number of likely N-dealkylation sites (N-methyl/N-ethyl adjacent to an activating group) is 3. The Kier molecular flexibility index (Phi) is 6.51. The first-order valence-electron chi connectivity index (χ1n) is 10.8. The minimum atomic E-state index is -0.327. The van der Waals surface area contributed by atoms with Gasteiger partial charge in [-0.15, -0.1) is 0 Å². The molecule has 1 aromatic rings. The molecule has 0 radical (unpaired) electrons. The molecule has 1 fully saturated rings. The van der Waals surface area contributed by atoms with Gasteiger partial charge in [-0.25, -0.2) is 0 Å². The summed E-state index contributed by atoms with van der Waals surface area (Å²) >= 11 is 5.43. The third-order valence-electron chi connectivity index (χ3n) is 5.44. The molecule has 0 atom stereocenters. The first-order valence-corrected chi connectivity index (χ1v) is 11.2. The van der Waals surface area contributed by atoms with Crippen LogP contribution in [0.25, 0.3) is 5.57 Å². The normalized spacial score (nSPS) is 17.7. The Labute approximate surface area is 190 Å². The molecule has 31 heavy (non-hydrogen) atoms. The first-order chi connectivity index (χ1) is 14.6. The summed E-state index contributed by atoms with van der Waals surface area (Å²) in [6.07, 6.45) is 6.20. The van der Waals surface area contributed by atoms with Crippen LogP contribution in [0.1, 0.15) is 47.1 Å². The van der Waals surface area contributed by atoms with Gasteiger partial charge in [0.1, 0.15) is 5.57 Å². The van der Waals surface area contributed by atoms with Crippen molar-refractivity contribution in [2.45, 2.75) is 41.5 Å². The zero-order valence-electron chi connectivity index (χ0n) is 19.2. The fraction of sp³-hybridized carbons (Fsp3) is 0.400. The van der Waals surface area contributed by atoms with Crippen LogP contribution in [0.4, 0.5) is 5.69 Å². The summed E-state index contributed by atoms with van der Waals surface area (Å²) < 4.78 is 0. The molecule has 1 saturated heterocycles. The van der Waals surface area contributed by atoms with Gasteiger partial charge in [0.25, 0.3) is 11.8 Å². The molecule has 0 N–H and O–H groups in total. The van der Waals surface area contributed by atoms with E-state index in [0.29, 0.717) is 18.7 Å². The van der Waals surface area contributed by atoms with Crippen LogP contribution >= 0.6 is 12.2 Å². The summed E-state index contributed by atoms with van der Waals surface area (Å²) in [5, 5.41) is 0.278. The quantitative estimate of drug-likeness (QED) is 0.387. The Bertz CT molecular complexity index is 986. The standard InChI is InChI=1S/C25H31N3O2S/c1-7-26-17(14-15-25(4,5)6)16-19(18-12-10-11-13-20(18)26)21-22(29)27(8-2)24(31)28(9-3)23(21)30/h10-16H,7-9H2,1-6H3/b15-14+. The molecular formula is C25H31N3O2S. The molecule has 0 aromatic heterocycles. The third-order valence-corrected chi connectivity index (χ3v) is 5.88. The largest absolute Gasteiger partial charge is 0.341 e. The second-order valence-electron chi connectivity index (χ2n) is 8.70. The number of amides is 2. The van der Waals surface area contributed by atoms with Crippen molar-refractivity contribution < 1.29 is 9.59 Å². The van der Waals surface area contributed by atoms with E-state index in [0.717, 1.165) is 23.5 Å². The summed E-state index contributed by atoms with van der Waals surface area (Å²) in [5.41, 5.74) is 3.67. The van der Waals surface area contributed by atoms with Gasteiger partial charge in [-0.1, -0.05) is 45.0 Å². The number of allylic oxidation sites excluding steroid dienone is 4. The molecule has 0 aliphatic carbocycles. The lowest BCUT2D eigenvalue weighted by Gasteiger charge is -2.38. The van der Waals surface area contributed by atoms with Gasteiger partial charge < -0.3 is 4.90 Å². The minimum absolute atomic E-state index is 0.00517. The van der Waals surface area contributed by atoms with E-state index in [1.54, 1.807) is 0 Å². The highest BCUT2D eigenvalue weighted by atomic mass is 32.1. The molecule has 0 saturated carbocycles. The number of hydrogen-bond donors (Lipinski definition) is 0. The molecule has 0 spiro atoms. The number of nitrogens with zero attached hydrogens (tertiary/aromatic N) is 3. The molecular weight excluding hydrogens is 406 g/mol. The van der Waals surface area contributed by atoms with Crippen molar-refractivity contribution in [2.75, 3.05) is 24.5 Å². The zero-order chi connectivity index (χ0) is 22.9. The monoisotopic (exact) mass is 437 g/mol. The minimum Gasteiger partial charge on any atom is -0.341 e. The first kappa shape index (κ1) is 22.9. The second-order valence-corrected chi connectivity index (χ2v) is 9.07. The summed E-state index contributed by atoms with van der Waals surface area (Å²) in [6, 6.07) is 7.93. The third kappa shape index (κ3) is 4.22. The predicted octanol–water partition coefficient (Wildman–Crippen LogP) is 4.76. The maximum Gasteiger partial charge on any atom is 0.266 e. The number of thiocarbonyl (C=S) groups is 1. The maximum atomic E-state index is 13.4. The molecule has 3 rings (SSSR count). The van der Waals surface area contributed by atoms with Gasteiger partial charge in [0.2, 0.25) is 0 Å². The SMILES string of the molecule is CCN1C(=O)C(=C2C=C(/C=C/C(C)(C)C)N(CC)c3ccccc32)C(=O)N(CC)C1=S. The van der Waals surface area contributed by atoms with Gasteiger partial charge in [0, 0.05) is 42.2 Å². The van der Waals surface area contributed by atoms with Crippen LogP contribution in [0.2, 0.25) is 0 Å². The fourth-order valence-corrected chi connectivity index (χ4v) is 4.31. The van der Waals surface area contributed by atoms with E-state index < -0.39 is 0 Å². The average Bonchev–Trinajstić information content (AvgIpc) is 2.72. The fourth-order valence-electron chi connectivity index (χ4n) is 3.88. The Morgan fingerprint density at radius 3 is 1.97 bits per heavy atom. The Morgan fingerprint density at radius 1 is 0.903 bits per heavy atom. The number of hydrogen-bond acceptors (Lipinski definition) is 4. The van der Waals surface area contributed by atoms with Crippen molar-refractivity contribution in [3.05, 3.63) is 59.3 Å². The van der Waals surface area contributed by atoms with E-state index in [2.05, 4.69) is 44.7 Å². The average molecular weight is 438 g/mol. The van der Waals surface area contributed by atoms with E-state index in [4.69, 9.17) is 12.2 Å². The molecule has 2 aliphatic rings. The van der Waals surface area contributed by atoms with Gasteiger partial charge in [0.15, 0.2) is 5.11 Å². The Balaban J connectivity index is 2.31. The van der Waals surface area contributed by atoms with Crippen molar-refractivity contribution in [3.63, 3.8) is 0 Å². The summed E-state index contributed by atoms with van der Waals surface area (Å²) in [7, 11) is 0. The van der Waals surface area contributed by atoms with E-state index in [1.807, 2.05) is 44.2 Å². The Hall–Kier alpha value is -2.73. The van der Waals surface area contributed by atoms with Gasteiger partial charge in [-0.3, -0.25) is 19.4 Å². The molecule has 2 aliphatic heterocycles. The van der Waals surface area contributed by atoms with E-state index >= 15 is 0 Å². The van der Waals surface area contributed by atoms with Crippen LogP contribution in [0.5, 0.6) is 0 Å². The van der Waals surface area contributed by atoms with Crippen LogP contribution in [0.3, 0.4) is 0 Å². The number of rotatable bonds is 4. The molecule has 164 valence electrons. The molecule has 6 heteroatoms. The lowest BCUT2D eigenvalue weighted by molar-refractivity contribution is -0.133. The lowest BCUT2D eigenvalue weighted by atomic mass is 9.90. The van der Waals surface area contributed by atoms with Gasteiger partial charge in [-0.2, -0.15) is 0 Å². The molecule has 0 unspecified atom stereocenters. The molecule has 1 aromatic carbocycles. The second kappa shape index (κ2) is 8.79. The molecule has 2 heterocycles. The predicted molar refractivity (Wildman–Crippen MR) is 130 cm³/mol. The van der Waals surface area contributed by atoms with Crippen LogP contribution in [-0.4, -0.2) is 46.4 Å². The van der Waals surface area contributed by atoms with Gasteiger partial charge in [0.05, 0.1) is 0 Å². The van der Waals surface area contributed by atoms with Crippen molar-refractivity contribution in [3.8, 4) is 0 Å². The van der Waals surface area contributed by atoms with Crippen molar-refractivity contribution >= 4 is 40.4 Å². The molecule has 0 bridgehead atoms. The summed E-state index contributed by atoms with van der Waals surface area (Å²) in [4.78, 5) is 32.0. The topological polar surface area (TPSA) is 43.9 Å². The van der Waals surface area contributed by atoms with E-state index in [1.165, 1.54) is 9.80 Å². The van der Waals surface area contributed by atoms with Crippen LogP contribution in [0, 0.1) is 5.41 Å². The van der Waals surface area contributed by atoms with E-state index in [-0.39, 0.29) is 27.9 Å². The highest BCUT2D eigenvalue weighted by molar-refractivity contribution is 7.80. The molecule has 2 amide bonds. The number of carbonyl (C=O) groups is 2. The lowest BCUT2D eigenvalue weighted by Crippen LogP contribution is -2.56. The van der Waals surface area contributed by atoms with Crippen LogP contribution in [-0.2, 0) is 9.59 Å². The highest BCUT2D eigenvalue weighted by Crippen LogP contribution is 2.39. The van der Waals surface area contributed by atoms with Crippen LogP contribution in [0.15, 0.2) is 53.8 Å². The van der Waals surface area contributed by atoms with Crippen molar-refractivity contribution in [2.24, 2.45) is 5.41 Å². The number of fused-ring (bicyclic) bond motifs is 1. The Morgan fingerprint density at radius 2 is 1.45 bits per heavy atom. The highest BCUT2D eigenvalue weighted by Gasteiger charge is 2.40. The van der Waals surface area contributed by atoms with Gasteiger partial charge in [-0.05, 0) is 56.6 Å². The van der Waals surface area contributed by atoms with Crippen molar-refractivity contribution in [1.82, 2.24) is 9.80 Å². The maximum absolute atomic E-state index is 13.4.